The van der Waals surface area contributed by atoms with Gasteiger partial charge in [-0.2, -0.15) is 13.2 Å². The van der Waals surface area contributed by atoms with Gasteiger partial charge in [-0.3, -0.25) is 0 Å². The monoisotopic (exact) mass is 271 g/mol. The molecule has 106 valence electrons. The van der Waals surface area contributed by atoms with Crippen LogP contribution in [0.3, 0.4) is 0 Å². The number of alkyl halides is 3. The van der Waals surface area contributed by atoms with Gasteiger partial charge in [0.25, 0.3) is 0 Å². The van der Waals surface area contributed by atoms with E-state index in [1.807, 2.05) is 0 Å². The van der Waals surface area contributed by atoms with E-state index in [0.717, 1.165) is 36.9 Å². The Morgan fingerprint density at radius 1 is 1.26 bits per heavy atom. The van der Waals surface area contributed by atoms with Gasteiger partial charge in [-0.15, -0.1) is 0 Å². The standard InChI is InChI=1S/C15H20F3N/c1-3-19-13-6-4-11(9-13)14-7-5-12(8-10(14)2)15(16,17)18/h5,7-8,11,13,19H,3-4,6,9H2,1-2H3. The molecule has 0 saturated heterocycles. The van der Waals surface area contributed by atoms with Crippen molar-refractivity contribution in [2.45, 2.75) is 51.2 Å². The zero-order valence-electron chi connectivity index (χ0n) is 11.3. The average molecular weight is 271 g/mol. The third-order valence-electron chi connectivity index (χ3n) is 3.96. The third kappa shape index (κ3) is 3.30. The maximum Gasteiger partial charge on any atom is 0.416 e. The van der Waals surface area contributed by atoms with Gasteiger partial charge >= 0.3 is 6.18 Å². The molecular weight excluding hydrogens is 251 g/mol. The second-order valence-electron chi connectivity index (χ2n) is 5.33. The Hall–Kier alpha value is -1.03. The van der Waals surface area contributed by atoms with Gasteiger partial charge in [-0.05, 0) is 61.9 Å². The molecule has 19 heavy (non-hydrogen) atoms. The number of hydrogen-bond acceptors (Lipinski definition) is 1. The largest absolute Gasteiger partial charge is 0.416 e. The van der Waals surface area contributed by atoms with Crippen molar-refractivity contribution in [2.24, 2.45) is 0 Å². The second kappa shape index (κ2) is 5.53. The summed E-state index contributed by atoms with van der Waals surface area (Å²) in [6.45, 7) is 4.81. The van der Waals surface area contributed by atoms with E-state index >= 15 is 0 Å². The van der Waals surface area contributed by atoms with E-state index in [1.165, 1.54) is 12.1 Å². The average Bonchev–Trinajstić information content (AvgIpc) is 2.76. The zero-order chi connectivity index (χ0) is 14.0. The van der Waals surface area contributed by atoms with Crippen LogP contribution >= 0.6 is 0 Å². The van der Waals surface area contributed by atoms with Crippen LogP contribution in [0.2, 0.25) is 0 Å². The molecule has 1 fully saturated rings. The first-order chi connectivity index (χ1) is 8.91. The van der Waals surface area contributed by atoms with Crippen LogP contribution in [0.25, 0.3) is 0 Å². The van der Waals surface area contributed by atoms with Gasteiger partial charge < -0.3 is 5.32 Å². The van der Waals surface area contributed by atoms with Crippen LogP contribution in [0.1, 0.15) is 48.8 Å². The summed E-state index contributed by atoms with van der Waals surface area (Å²) < 4.78 is 37.9. The summed E-state index contributed by atoms with van der Waals surface area (Å²) in [4.78, 5) is 0. The molecule has 1 aromatic rings. The summed E-state index contributed by atoms with van der Waals surface area (Å²) in [6, 6.07) is 4.66. The Balaban J connectivity index is 2.14. The Labute approximate surface area is 112 Å². The molecule has 1 nitrogen and oxygen atoms in total. The van der Waals surface area contributed by atoms with Crippen molar-refractivity contribution in [1.29, 1.82) is 0 Å². The van der Waals surface area contributed by atoms with Crippen molar-refractivity contribution in [3.05, 3.63) is 34.9 Å². The predicted octanol–water partition coefficient (Wildman–Crippen LogP) is 4.26. The molecule has 1 aromatic carbocycles. The fourth-order valence-electron chi connectivity index (χ4n) is 3.05. The van der Waals surface area contributed by atoms with E-state index < -0.39 is 11.7 Å². The van der Waals surface area contributed by atoms with Crippen LogP contribution in [-0.2, 0) is 6.18 Å². The maximum absolute atomic E-state index is 12.6. The fourth-order valence-corrected chi connectivity index (χ4v) is 3.05. The lowest BCUT2D eigenvalue weighted by Gasteiger charge is -2.16. The topological polar surface area (TPSA) is 12.0 Å². The molecule has 1 aliphatic carbocycles. The van der Waals surface area contributed by atoms with Crippen LogP contribution in [-0.4, -0.2) is 12.6 Å². The molecule has 1 N–H and O–H groups in total. The van der Waals surface area contributed by atoms with Crippen molar-refractivity contribution >= 4 is 0 Å². The minimum Gasteiger partial charge on any atom is -0.314 e. The van der Waals surface area contributed by atoms with E-state index in [0.29, 0.717) is 12.0 Å². The molecule has 2 atom stereocenters. The van der Waals surface area contributed by atoms with Crippen LogP contribution in [0.4, 0.5) is 13.2 Å². The molecule has 1 aliphatic rings. The first-order valence-corrected chi connectivity index (χ1v) is 6.83. The van der Waals surface area contributed by atoms with Crippen LogP contribution in [0.5, 0.6) is 0 Å². The molecule has 2 unspecified atom stereocenters. The van der Waals surface area contributed by atoms with E-state index in [4.69, 9.17) is 0 Å². The van der Waals surface area contributed by atoms with Gasteiger partial charge in [0.15, 0.2) is 0 Å². The number of rotatable bonds is 3. The van der Waals surface area contributed by atoms with Crippen molar-refractivity contribution in [3.63, 3.8) is 0 Å². The molecule has 0 amide bonds. The molecule has 0 aromatic heterocycles. The molecule has 1 saturated carbocycles. The first-order valence-electron chi connectivity index (χ1n) is 6.83. The van der Waals surface area contributed by atoms with Gasteiger partial charge in [0, 0.05) is 6.04 Å². The highest BCUT2D eigenvalue weighted by molar-refractivity contribution is 5.35. The van der Waals surface area contributed by atoms with Crippen LogP contribution < -0.4 is 5.32 Å². The van der Waals surface area contributed by atoms with E-state index in [-0.39, 0.29) is 0 Å². The van der Waals surface area contributed by atoms with Crippen LogP contribution in [0, 0.1) is 6.92 Å². The van der Waals surface area contributed by atoms with Gasteiger partial charge in [-0.1, -0.05) is 13.0 Å². The zero-order valence-corrected chi connectivity index (χ0v) is 11.3. The highest BCUT2D eigenvalue weighted by atomic mass is 19.4. The van der Waals surface area contributed by atoms with Crippen molar-refractivity contribution in [1.82, 2.24) is 5.32 Å². The molecule has 0 bridgehead atoms. The van der Waals surface area contributed by atoms with Crippen molar-refractivity contribution in [2.75, 3.05) is 6.54 Å². The molecule has 0 heterocycles. The summed E-state index contributed by atoms with van der Waals surface area (Å²) in [6.07, 6.45) is -1.05. The predicted molar refractivity (Wildman–Crippen MR) is 70.2 cm³/mol. The normalized spacial score (nSPS) is 23.8. The number of hydrogen-bond donors (Lipinski definition) is 1. The number of halogens is 3. The minimum atomic E-state index is -4.24. The Morgan fingerprint density at radius 2 is 2.00 bits per heavy atom. The highest BCUT2D eigenvalue weighted by Crippen LogP contribution is 2.38. The van der Waals surface area contributed by atoms with E-state index in [1.54, 1.807) is 13.0 Å². The SMILES string of the molecule is CCNC1CCC(c2ccc(C(F)(F)F)cc2C)C1. The molecule has 0 radical (unpaired) electrons. The number of benzene rings is 1. The van der Waals surface area contributed by atoms with Gasteiger partial charge in [0.2, 0.25) is 0 Å². The lowest BCUT2D eigenvalue weighted by Crippen LogP contribution is -2.25. The lowest BCUT2D eigenvalue weighted by atomic mass is 9.92. The molecule has 0 spiro atoms. The smallest absolute Gasteiger partial charge is 0.314 e. The second-order valence-corrected chi connectivity index (χ2v) is 5.33. The number of aryl methyl sites for hydroxylation is 1. The fraction of sp³-hybridized carbons (Fsp3) is 0.600. The summed E-state index contributed by atoms with van der Waals surface area (Å²) >= 11 is 0. The summed E-state index contributed by atoms with van der Waals surface area (Å²) in [5, 5.41) is 3.42. The minimum absolute atomic E-state index is 0.395. The summed E-state index contributed by atoms with van der Waals surface area (Å²) in [5.41, 5.74) is 1.29. The lowest BCUT2D eigenvalue weighted by molar-refractivity contribution is -0.137. The molecule has 2 rings (SSSR count). The number of nitrogens with one attached hydrogen (secondary N) is 1. The van der Waals surface area contributed by atoms with Gasteiger partial charge in [0.1, 0.15) is 0 Å². The Morgan fingerprint density at radius 3 is 2.58 bits per heavy atom. The van der Waals surface area contributed by atoms with Crippen LogP contribution in [0.15, 0.2) is 18.2 Å². The molecule has 4 heteroatoms. The Bertz CT molecular complexity index is 440. The van der Waals surface area contributed by atoms with Gasteiger partial charge in [-0.25, -0.2) is 0 Å². The summed E-state index contributed by atoms with van der Waals surface area (Å²) in [5.74, 6) is 0.395. The molecule has 0 aliphatic heterocycles. The van der Waals surface area contributed by atoms with Gasteiger partial charge in [0.05, 0.1) is 5.56 Å². The van der Waals surface area contributed by atoms with Crippen molar-refractivity contribution in [3.8, 4) is 0 Å². The first kappa shape index (κ1) is 14.4. The Kier molecular flexibility index (Phi) is 4.19. The quantitative estimate of drug-likeness (QED) is 0.866. The molecular formula is C15H20F3N. The highest BCUT2D eigenvalue weighted by Gasteiger charge is 2.32. The summed E-state index contributed by atoms with van der Waals surface area (Å²) in [7, 11) is 0. The van der Waals surface area contributed by atoms with E-state index in [9.17, 15) is 13.2 Å². The van der Waals surface area contributed by atoms with Crippen molar-refractivity contribution < 1.29 is 13.2 Å². The third-order valence-corrected chi connectivity index (χ3v) is 3.96. The van der Waals surface area contributed by atoms with E-state index in [2.05, 4.69) is 12.2 Å². The maximum atomic E-state index is 12.6.